The molecule has 3 nitrogen and oxygen atoms in total. The van der Waals surface area contributed by atoms with Crippen molar-refractivity contribution < 1.29 is 35.9 Å². The predicted molar refractivity (Wildman–Crippen MR) is 118 cm³/mol. The average molecular weight is 499 g/mol. The Labute approximate surface area is 199 Å². The molecule has 4 rings (SSSR count). The Hall–Kier alpha value is -2.39. The van der Waals surface area contributed by atoms with Crippen LogP contribution in [-0.4, -0.2) is 24.5 Å². The minimum Gasteiger partial charge on any atom is -0.373 e. The SMILES string of the molecule is C[C@@H](OCC1(c2ccccc2)CCC2(CC1)NCCC2=O)c1cc(C(F)(F)F)cc(C(F)(F)F)c1. The molecular formula is C26H27F6NO2. The highest BCUT2D eigenvalue weighted by Crippen LogP contribution is 2.46. The Kier molecular flexibility index (Phi) is 6.79. The van der Waals surface area contributed by atoms with E-state index in [2.05, 4.69) is 5.32 Å². The Morgan fingerprint density at radius 2 is 1.49 bits per heavy atom. The molecule has 35 heavy (non-hydrogen) atoms. The third-order valence-electron chi connectivity index (χ3n) is 7.49. The first kappa shape index (κ1) is 25.7. The van der Waals surface area contributed by atoms with Crippen LogP contribution in [0.5, 0.6) is 0 Å². The van der Waals surface area contributed by atoms with E-state index >= 15 is 0 Å². The molecule has 1 saturated heterocycles. The van der Waals surface area contributed by atoms with E-state index in [-0.39, 0.29) is 24.0 Å². The van der Waals surface area contributed by atoms with E-state index in [0.29, 0.717) is 50.8 Å². The maximum absolute atomic E-state index is 13.3. The van der Waals surface area contributed by atoms with Gasteiger partial charge in [0.15, 0.2) is 5.78 Å². The van der Waals surface area contributed by atoms with Crippen LogP contribution in [-0.2, 0) is 27.3 Å². The van der Waals surface area contributed by atoms with Gasteiger partial charge in [-0.3, -0.25) is 4.79 Å². The average Bonchev–Trinajstić information content (AvgIpc) is 3.17. The molecule has 0 bridgehead atoms. The molecule has 190 valence electrons. The van der Waals surface area contributed by atoms with E-state index in [0.717, 1.165) is 5.56 Å². The van der Waals surface area contributed by atoms with Gasteiger partial charge in [-0.05, 0) is 61.9 Å². The molecule has 2 aromatic carbocycles. The van der Waals surface area contributed by atoms with E-state index in [1.54, 1.807) is 0 Å². The maximum Gasteiger partial charge on any atom is 0.416 e. The number of carbonyl (C=O) groups is 1. The minimum absolute atomic E-state index is 0.111. The highest BCUT2D eigenvalue weighted by atomic mass is 19.4. The fraction of sp³-hybridized carbons (Fsp3) is 0.500. The number of benzene rings is 2. The lowest BCUT2D eigenvalue weighted by Gasteiger charge is -2.45. The van der Waals surface area contributed by atoms with Crippen LogP contribution >= 0.6 is 0 Å². The topological polar surface area (TPSA) is 38.3 Å². The molecule has 1 aliphatic carbocycles. The lowest BCUT2D eigenvalue weighted by Crippen LogP contribution is -2.52. The number of ether oxygens (including phenoxy) is 1. The van der Waals surface area contributed by atoms with Crippen LogP contribution in [0.2, 0.25) is 0 Å². The van der Waals surface area contributed by atoms with Gasteiger partial charge in [-0.15, -0.1) is 0 Å². The summed E-state index contributed by atoms with van der Waals surface area (Å²) in [4.78, 5) is 12.5. The fourth-order valence-electron chi connectivity index (χ4n) is 5.27. The summed E-state index contributed by atoms with van der Waals surface area (Å²) in [5, 5.41) is 3.34. The van der Waals surface area contributed by atoms with Crippen LogP contribution in [0.15, 0.2) is 48.5 Å². The second-order valence-electron chi connectivity index (χ2n) is 9.62. The molecule has 0 radical (unpaired) electrons. The smallest absolute Gasteiger partial charge is 0.373 e. The quantitative estimate of drug-likeness (QED) is 0.470. The van der Waals surface area contributed by atoms with Gasteiger partial charge in [0, 0.05) is 18.4 Å². The van der Waals surface area contributed by atoms with Crippen LogP contribution in [0.3, 0.4) is 0 Å². The predicted octanol–water partition coefficient (Wildman–Crippen LogP) is 6.62. The molecule has 9 heteroatoms. The number of rotatable bonds is 5. The minimum atomic E-state index is -4.92. The van der Waals surface area contributed by atoms with Crippen LogP contribution in [0, 0.1) is 0 Å². The Bertz CT molecular complexity index is 1020. The number of hydrogen-bond donors (Lipinski definition) is 1. The highest BCUT2D eigenvalue weighted by molar-refractivity contribution is 5.90. The third-order valence-corrected chi connectivity index (χ3v) is 7.49. The number of hydrogen-bond acceptors (Lipinski definition) is 3. The molecule has 1 heterocycles. The van der Waals surface area contributed by atoms with E-state index in [4.69, 9.17) is 4.74 Å². The zero-order valence-electron chi connectivity index (χ0n) is 19.2. The van der Waals surface area contributed by atoms with E-state index in [1.807, 2.05) is 30.3 Å². The van der Waals surface area contributed by atoms with Crippen molar-refractivity contribution in [2.24, 2.45) is 0 Å². The van der Waals surface area contributed by atoms with Crippen LogP contribution in [0.1, 0.15) is 67.4 Å². The first-order valence-corrected chi connectivity index (χ1v) is 11.6. The molecule has 1 spiro atoms. The van der Waals surface area contributed by atoms with Crippen LogP contribution in [0.4, 0.5) is 26.3 Å². The second kappa shape index (κ2) is 9.24. The van der Waals surface area contributed by atoms with E-state index < -0.39 is 40.5 Å². The molecule has 1 atom stereocenters. The molecule has 1 saturated carbocycles. The van der Waals surface area contributed by atoms with Gasteiger partial charge in [0.1, 0.15) is 0 Å². The zero-order chi connectivity index (χ0) is 25.5. The summed E-state index contributed by atoms with van der Waals surface area (Å²) in [7, 11) is 0. The normalized spacial score (nSPS) is 26.3. The number of ketones is 1. The number of halogens is 6. The lowest BCUT2D eigenvalue weighted by molar-refractivity contribution is -0.143. The van der Waals surface area contributed by atoms with Gasteiger partial charge in [-0.1, -0.05) is 30.3 Å². The molecule has 0 amide bonds. The van der Waals surface area contributed by atoms with Gasteiger partial charge in [-0.2, -0.15) is 26.3 Å². The Balaban J connectivity index is 1.59. The molecule has 1 aliphatic heterocycles. The number of alkyl halides is 6. The summed E-state index contributed by atoms with van der Waals surface area (Å²) in [5.74, 6) is 0.192. The van der Waals surface area contributed by atoms with Gasteiger partial charge in [0.2, 0.25) is 0 Å². The summed E-state index contributed by atoms with van der Waals surface area (Å²) >= 11 is 0. The van der Waals surface area contributed by atoms with Crippen LogP contribution < -0.4 is 5.32 Å². The summed E-state index contributed by atoms with van der Waals surface area (Å²) in [5.41, 5.74) is -2.98. The molecule has 1 N–H and O–H groups in total. The molecule has 2 aliphatic rings. The first-order chi connectivity index (χ1) is 16.3. The molecule has 2 fully saturated rings. The molecule has 2 aromatic rings. The zero-order valence-corrected chi connectivity index (χ0v) is 19.2. The number of nitrogens with one attached hydrogen (secondary N) is 1. The number of Topliss-reactive ketones (excluding diaryl/α,β-unsaturated/α-hetero) is 1. The largest absolute Gasteiger partial charge is 0.416 e. The summed E-state index contributed by atoms with van der Waals surface area (Å²) in [6.45, 7) is 2.21. The van der Waals surface area contributed by atoms with Crippen molar-refractivity contribution in [3.05, 3.63) is 70.8 Å². The molecule has 0 aromatic heterocycles. The van der Waals surface area contributed by atoms with Gasteiger partial charge in [0.05, 0.1) is 29.4 Å². The van der Waals surface area contributed by atoms with Crippen molar-refractivity contribution in [1.82, 2.24) is 5.32 Å². The monoisotopic (exact) mass is 499 g/mol. The van der Waals surface area contributed by atoms with Crippen molar-refractivity contribution >= 4 is 5.78 Å². The van der Waals surface area contributed by atoms with Crippen molar-refractivity contribution in [3.8, 4) is 0 Å². The maximum atomic E-state index is 13.3. The molecular weight excluding hydrogens is 472 g/mol. The van der Waals surface area contributed by atoms with Gasteiger partial charge < -0.3 is 10.1 Å². The first-order valence-electron chi connectivity index (χ1n) is 11.6. The van der Waals surface area contributed by atoms with E-state index in [9.17, 15) is 31.1 Å². The Morgan fingerprint density at radius 3 is 1.97 bits per heavy atom. The summed E-state index contributed by atoms with van der Waals surface area (Å²) < 4.78 is 85.8. The van der Waals surface area contributed by atoms with Crippen molar-refractivity contribution in [3.63, 3.8) is 0 Å². The lowest BCUT2D eigenvalue weighted by atomic mass is 9.64. The second-order valence-corrected chi connectivity index (χ2v) is 9.62. The van der Waals surface area contributed by atoms with E-state index in [1.165, 1.54) is 6.92 Å². The van der Waals surface area contributed by atoms with Crippen molar-refractivity contribution in [2.45, 2.75) is 68.4 Å². The number of carbonyl (C=O) groups excluding carboxylic acids is 1. The Morgan fingerprint density at radius 1 is 0.914 bits per heavy atom. The van der Waals surface area contributed by atoms with Gasteiger partial charge in [0.25, 0.3) is 0 Å². The third kappa shape index (κ3) is 5.26. The fourth-order valence-corrected chi connectivity index (χ4v) is 5.27. The van der Waals surface area contributed by atoms with Crippen molar-refractivity contribution in [1.29, 1.82) is 0 Å². The summed E-state index contributed by atoms with van der Waals surface area (Å²) in [6.07, 6.45) is -7.93. The van der Waals surface area contributed by atoms with Crippen molar-refractivity contribution in [2.75, 3.05) is 13.2 Å². The summed E-state index contributed by atoms with van der Waals surface area (Å²) in [6, 6.07) is 11.1. The highest BCUT2D eigenvalue weighted by Gasteiger charge is 2.49. The van der Waals surface area contributed by atoms with Crippen LogP contribution in [0.25, 0.3) is 0 Å². The van der Waals surface area contributed by atoms with Gasteiger partial charge >= 0.3 is 12.4 Å². The molecule has 0 unspecified atom stereocenters. The van der Waals surface area contributed by atoms with Gasteiger partial charge in [-0.25, -0.2) is 0 Å². The standard InChI is InChI=1S/C26H27F6NO2/c1-17(18-13-20(25(27,28)29)15-21(14-18)26(30,31)32)35-16-23(19-5-3-2-4-6-19)8-10-24(11-9-23)22(34)7-12-33-24/h2-6,13-15,17,33H,7-12,16H2,1H3/t17-,23?,24?/m1/s1.